The van der Waals surface area contributed by atoms with Gasteiger partial charge in [0.15, 0.2) is 0 Å². The van der Waals surface area contributed by atoms with Gasteiger partial charge in [0.1, 0.15) is 17.3 Å². The van der Waals surface area contributed by atoms with Crippen LogP contribution in [0.2, 0.25) is 0 Å². The molecule has 2 aromatic heterocycles. The lowest BCUT2D eigenvalue weighted by Crippen LogP contribution is -2.51. The van der Waals surface area contributed by atoms with Crippen LogP contribution in [0.25, 0.3) is 0 Å². The Morgan fingerprint density at radius 3 is 2.67 bits per heavy atom. The van der Waals surface area contributed by atoms with E-state index in [-0.39, 0.29) is 23.8 Å². The smallest absolute Gasteiger partial charge is 0.251 e. The first-order chi connectivity index (χ1) is 18.3. The molecular weight excluding hydrogens is 494 g/mol. The van der Waals surface area contributed by atoms with Crippen molar-refractivity contribution < 1.29 is 19.2 Å². The van der Waals surface area contributed by atoms with Crippen LogP contribution < -0.4 is 16.0 Å². The molecular formula is C30H49N5O4. The van der Waals surface area contributed by atoms with E-state index in [4.69, 9.17) is 9.26 Å². The molecule has 1 aliphatic rings. The van der Waals surface area contributed by atoms with E-state index in [0.29, 0.717) is 24.4 Å². The summed E-state index contributed by atoms with van der Waals surface area (Å²) in [4.78, 5) is 17.9. The number of hydrogen-bond donors (Lipinski definition) is 4. The highest BCUT2D eigenvalue weighted by Gasteiger charge is 2.30. The summed E-state index contributed by atoms with van der Waals surface area (Å²) in [6.45, 7) is 17.0. The predicted molar refractivity (Wildman–Crippen MR) is 154 cm³/mol. The van der Waals surface area contributed by atoms with Gasteiger partial charge in [-0.05, 0) is 69.9 Å². The number of anilines is 1. The first-order valence-electron chi connectivity index (χ1n) is 14.3. The Kier molecular flexibility index (Phi) is 10.9. The van der Waals surface area contributed by atoms with E-state index < -0.39 is 17.7 Å². The van der Waals surface area contributed by atoms with Gasteiger partial charge in [0.2, 0.25) is 0 Å². The normalized spacial score (nSPS) is 21.2. The summed E-state index contributed by atoms with van der Waals surface area (Å²) in [5.41, 5.74) is 1.66. The van der Waals surface area contributed by atoms with Crippen LogP contribution in [0.15, 0.2) is 22.7 Å². The van der Waals surface area contributed by atoms with E-state index in [1.807, 2.05) is 26.8 Å². The molecule has 1 aliphatic heterocycles. The Bertz CT molecular complexity index is 1060. The number of amides is 1. The fourth-order valence-corrected chi connectivity index (χ4v) is 4.74. The zero-order chi connectivity index (χ0) is 28.6. The highest BCUT2D eigenvalue weighted by Crippen LogP contribution is 2.25. The van der Waals surface area contributed by atoms with Crippen molar-refractivity contribution in [3.05, 3.63) is 40.9 Å². The van der Waals surface area contributed by atoms with Crippen LogP contribution in [-0.4, -0.2) is 59.6 Å². The average molecular weight is 544 g/mol. The lowest BCUT2D eigenvalue weighted by atomic mass is 9.90. The number of hydrogen-bond acceptors (Lipinski definition) is 8. The van der Waals surface area contributed by atoms with E-state index in [9.17, 15) is 9.90 Å². The van der Waals surface area contributed by atoms with Crippen molar-refractivity contribution in [3.63, 3.8) is 0 Å². The van der Waals surface area contributed by atoms with Gasteiger partial charge in [-0.3, -0.25) is 4.79 Å². The number of nitrogens with one attached hydrogen (secondary N) is 3. The number of aromatic nitrogens is 2. The summed E-state index contributed by atoms with van der Waals surface area (Å²) >= 11 is 0. The minimum atomic E-state index is -0.808. The van der Waals surface area contributed by atoms with Crippen LogP contribution in [0.1, 0.15) is 94.7 Å². The van der Waals surface area contributed by atoms with Gasteiger partial charge >= 0.3 is 0 Å². The average Bonchev–Trinajstić information content (AvgIpc) is 3.30. The first kappa shape index (κ1) is 31.0. The Balaban J connectivity index is 1.73. The van der Waals surface area contributed by atoms with Crippen molar-refractivity contribution in [1.29, 1.82) is 0 Å². The van der Waals surface area contributed by atoms with Crippen LogP contribution in [0.4, 0.5) is 5.82 Å². The lowest BCUT2D eigenvalue weighted by Gasteiger charge is -2.31. The van der Waals surface area contributed by atoms with Crippen molar-refractivity contribution in [2.45, 2.75) is 98.3 Å². The van der Waals surface area contributed by atoms with Crippen molar-refractivity contribution in [2.24, 2.45) is 11.3 Å². The van der Waals surface area contributed by atoms with Crippen molar-refractivity contribution >= 4 is 11.7 Å². The minimum absolute atomic E-state index is 0.0961. The van der Waals surface area contributed by atoms with Gasteiger partial charge in [0.05, 0.1) is 17.7 Å². The Morgan fingerprint density at radius 2 is 1.92 bits per heavy atom. The molecule has 1 amide bonds. The number of aryl methyl sites for hydroxylation is 1. The summed E-state index contributed by atoms with van der Waals surface area (Å²) in [5.74, 6) is 1.57. The molecule has 3 heterocycles. The molecule has 9 heteroatoms. The summed E-state index contributed by atoms with van der Waals surface area (Å²) < 4.78 is 11.4. The van der Waals surface area contributed by atoms with Gasteiger partial charge < -0.3 is 30.3 Å². The molecule has 2 aromatic rings. The largest absolute Gasteiger partial charge is 0.390 e. The van der Waals surface area contributed by atoms with Gasteiger partial charge in [0, 0.05) is 50.0 Å². The SMILES string of the molecule is Cc1cc2cc(n1)NCCCCOCC[C@@H](C)C[C@@H]([C@H](O)CNC(C)(C)c1cc(CC(C)(C)C)on1)NC2=O. The third-order valence-electron chi connectivity index (χ3n) is 7.09. The fourth-order valence-electron chi connectivity index (χ4n) is 4.74. The van der Waals surface area contributed by atoms with Gasteiger partial charge in [-0.25, -0.2) is 4.98 Å². The maximum absolute atomic E-state index is 13.3. The van der Waals surface area contributed by atoms with Crippen LogP contribution in [0.5, 0.6) is 0 Å². The zero-order valence-electron chi connectivity index (χ0n) is 24.9. The molecule has 3 rings (SSSR count). The van der Waals surface area contributed by atoms with E-state index in [1.165, 1.54) is 0 Å². The predicted octanol–water partition coefficient (Wildman–Crippen LogP) is 4.59. The molecule has 2 bridgehead atoms. The summed E-state index contributed by atoms with van der Waals surface area (Å²) in [6, 6.07) is 5.10. The van der Waals surface area contributed by atoms with Crippen LogP contribution in [0.3, 0.4) is 0 Å². The summed E-state index contributed by atoms with van der Waals surface area (Å²) in [7, 11) is 0. The number of nitrogens with zero attached hydrogens (tertiary/aromatic N) is 2. The molecule has 218 valence electrons. The van der Waals surface area contributed by atoms with Crippen LogP contribution in [-0.2, 0) is 16.7 Å². The van der Waals surface area contributed by atoms with Crippen LogP contribution in [0, 0.1) is 18.3 Å². The van der Waals surface area contributed by atoms with Gasteiger partial charge in [-0.15, -0.1) is 0 Å². The molecule has 3 atom stereocenters. The third-order valence-corrected chi connectivity index (χ3v) is 7.09. The Hall–Kier alpha value is -2.49. The standard InChI is InChI=1S/C30H49N5O4/c1-20-10-13-38-12-9-8-11-31-27-16-22(15-21(2)33-27)28(37)34-24(14-20)25(36)19-32-30(6,7)26-17-23(39-35-26)18-29(3,4)5/h15-17,20,24-25,32,36H,8-14,18-19H2,1-7H3,(H,31,33)(H,34,37)/t20-,24+,25-/m1/s1. The number of aliphatic hydroxyl groups excluding tert-OH is 1. The number of carbonyl (C=O) groups excluding carboxylic acids is 1. The van der Waals surface area contributed by atoms with E-state index in [1.54, 1.807) is 12.1 Å². The Morgan fingerprint density at radius 1 is 1.15 bits per heavy atom. The Labute approximate surface area is 233 Å². The summed E-state index contributed by atoms with van der Waals surface area (Å²) in [6.07, 6.45) is 3.41. The second-order valence-corrected chi connectivity index (χ2v) is 12.8. The lowest BCUT2D eigenvalue weighted by molar-refractivity contribution is 0.0739. The van der Waals surface area contributed by atoms with E-state index in [0.717, 1.165) is 56.0 Å². The molecule has 0 aliphatic carbocycles. The number of fused-ring (bicyclic) bond motifs is 2. The molecule has 4 N–H and O–H groups in total. The van der Waals surface area contributed by atoms with Gasteiger partial charge in [-0.2, -0.15) is 0 Å². The molecule has 0 unspecified atom stereocenters. The van der Waals surface area contributed by atoms with Crippen molar-refractivity contribution in [1.82, 2.24) is 20.8 Å². The molecule has 0 saturated carbocycles. The van der Waals surface area contributed by atoms with Gasteiger partial charge in [-0.1, -0.05) is 32.9 Å². The van der Waals surface area contributed by atoms with Crippen molar-refractivity contribution in [2.75, 3.05) is 31.6 Å². The molecule has 9 nitrogen and oxygen atoms in total. The molecule has 0 spiro atoms. The molecule has 0 aromatic carbocycles. The quantitative estimate of drug-likeness (QED) is 0.417. The number of ether oxygens (including phenoxy) is 1. The second kappa shape index (κ2) is 13.7. The maximum Gasteiger partial charge on any atom is 0.251 e. The third kappa shape index (κ3) is 10.2. The zero-order valence-corrected chi connectivity index (χ0v) is 24.9. The highest BCUT2D eigenvalue weighted by molar-refractivity contribution is 5.95. The van der Waals surface area contributed by atoms with Crippen LogP contribution >= 0.6 is 0 Å². The monoisotopic (exact) mass is 543 g/mol. The number of pyridine rings is 1. The fraction of sp³-hybridized carbons (Fsp3) is 0.700. The van der Waals surface area contributed by atoms with E-state index >= 15 is 0 Å². The minimum Gasteiger partial charge on any atom is -0.390 e. The number of rotatable bonds is 6. The van der Waals surface area contributed by atoms with E-state index in [2.05, 4.69) is 53.8 Å². The molecule has 0 fully saturated rings. The maximum atomic E-state index is 13.3. The topological polar surface area (TPSA) is 122 Å². The number of carbonyl (C=O) groups is 1. The number of aliphatic hydroxyl groups is 1. The first-order valence-corrected chi connectivity index (χ1v) is 14.3. The highest BCUT2D eigenvalue weighted by atomic mass is 16.5. The molecule has 0 radical (unpaired) electrons. The molecule has 0 saturated heterocycles. The second-order valence-electron chi connectivity index (χ2n) is 12.8. The summed E-state index contributed by atoms with van der Waals surface area (Å²) in [5, 5.41) is 25.5. The van der Waals surface area contributed by atoms with Gasteiger partial charge in [0.25, 0.3) is 5.91 Å². The van der Waals surface area contributed by atoms with Crippen molar-refractivity contribution in [3.8, 4) is 0 Å². The molecule has 39 heavy (non-hydrogen) atoms.